The largest absolute Gasteiger partial charge is 0.376 e. The van der Waals surface area contributed by atoms with E-state index in [1.807, 2.05) is 24.4 Å². The Kier molecular flexibility index (Phi) is 7.50. The summed E-state index contributed by atoms with van der Waals surface area (Å²) in [6, 6.07) is 19.6. The Hall–Kier alpha value is -3.44. The first-order chi connectivity index (χ1) is 19.7. The highest BCUT2D eigenvalue weighted by Crippen LogP contribution is 2.40. The van der Waals surface area contributed by atoms with Crippen molar-refractivity contribution in [2.75, 3.05) is 13.2 Å². The van der Waals surface area contributed by atoms with Gasteiger partial charge in [0.1, 0.15) is 5.65 Å². The van der Waals surface area contributed by atoms with E-state index in [9.17, 15) is 4.79 Å². The molecule has 7 rings (SSSR count). The molecule has 1 N–H and O–H groups in total. The van der Waals surface area contributed by atoms with Gasteiger partial charge in [-0.2, -0.15) is 0 Å². The SMILES string of the molecule is Cc1cc(C)cc(-c2[nH]c3ncc(C(C)(C)C(=O)N4CC5CCC4CC5)cc3c2C(C)COCc2ccccc2)c1. The summed E-state index contributed by atoms with van der Waals surface area (Å²) in [5.41, 5.74) is 8.25. The minimum atomic E-state index is -0.652. The quantitative estimate of drug-likeness (QED) is 0.244. The van der Waals surface area contributed by atoms with Crippen LogP contribution in [0.15, 0.2) is 60.8 Å². The Morgan fingerprint density at radius 1 is 1.05 bits per heavy atom. The van der Waals surface area contributed by atoms with Gasteiger partial charge in [-0.3, -0.25) is 4.79 Å². The number of piperidine rings is 2. The molecule has 1 saturated carbocycles. The molecule has 3 fully saturated rings. The Labute approximate surface area is 244 Å². The van der Waals surface area contributed by atoms with E-state index < -0.39 is 5.41 Å². The summed E-state index contributed by atoms with van der Waals surface area (Å²) in [5.74, 6) is 1.02. The first-order valence-electron chi connectivity index (χ1n) is 15.2. The number of aryl methyl sites for hydroxylation is 2. The van der Waals surface area contributed by atoms with Crippen LogP contribution in [-0.4, -0.2) is 40.0 Å². The second-order valence-corrected chi connectivity index (χ2v) is 13.1. The standard InChI is InChI=1S/C36H43N3O2/c1-23-15-24(2)17-28(16-23)33-32(25(3)21-41-22-27-9-7-6-8-10-27)31-18-29(19-37-34(31)38-33)36(4,5)35(40)39-20-26-11-13-30(39)14-12-26/h6-10,15-19,25-26,30H,11-14,20-22H2,1-5H3,(H,37,38). The number of nitrogens with zero attached hydrogens (tertiary/aromatic N) is 2. The predicted molar refractivity (Wildman–Crippen MR) is 166 cm³/mol. The molecular weight excluding hydrogens is 506 g/mol. The van der Waals surface area contributed by atoms with Gasteiger partial charge in [-0.1, -0.05) is 54.4 Å². The van der Waals surface area contributed by atoms with E-state index in [4.69, 9.17) is 9.72 Å². The maximum absolute atomic E-state index is 14.0. The van der Waals surface area contributed by atoms with Gasteiger partial charge in [0.15, 0.2) is 0 Å². The molecule has 2 saturated heterocycles. The molecule has 2 bridgehead atoms. The van der Waals surface area contributed by atoms with Crippen LogP contribution in [0.2, 0.25) is 0 Å². The maximum atomic E-state index is 14.0. The highest BCUT2D eigenvalue weighted by molar-refractivity contribution is 5.93. The molecule has 1 amide bonds. The van der Waals surface area contributed by atoms with Gasteiger partial charge in [0, 0.05) is 30.1 Å². The van der Waals surface area contributed by atoms with E-state index in [-0.39, 0.29) is 11.8 Å². The number of amides is 1. The van der Waals surface area contributed by atoms with Crippen molar-refractivity contribution in [3.8, 4) is 11.3 Å². The Bertz CT molecular complexity index is 1530. The zero-order chi connectivity index (χ0) is 28.7. The lowest BCUT2D eigenvalue weighted by molar-refractivity contribution is -0.144. The third kappa shape index (κ3) is 5.44. The molecule has 0 radical (unpaired) electrons. The van der Waals surface area contributed by atoms with E-state index in [0.717, 1.165) is 47.2 Å². The predicted octanol–water partition coefficient (Wildman–Crippen LogP) is 7.85. The van der Waals surface area contributed by atoms with E-state index in [1.165, 1.54) is 35.1 Å². The minimum Gasteiger partial charge on any atom is -0.376 e. The smallest absolute Gasteiger partial charge is 0.232 e. The summed E-state index contributed by atoms with van der Waals surface area (Å²) < 4.78 is 6.24. The fourth-order valence-electron chi connectivity index (χ4n) is 7.10. The molecule has 5 nitrogen and oxygen atoms in total. The molecule has 4 heterocycles. The Morgan fingerprint density at radius 3 is 2.41 bits per heavy atom. The minimum absolute atomic E-state index is 0.122. The Morgan fingerprint density at radius 2 is 1.76 bits per heavy atom. The second-order valence-electron chi connectivity index (χ2n) is 13.1. The summed E-state index contributed by atoms with van der Waals surface area (Å²) in [6.45, 7) is 12.7. The van der Waals surface area contributed by atoms with E-state index in [2.05, 4.69) is 80.9 Å². The molecule has 1 unspecified atom stereocenters. The van der Waals surface area contributed by atoms with Crippen LogP contribution in [0, 0.1) is 19.8 Å². The number of rotatable bonds is 8. The van der Waals surface area contributed by atoms with Gasteiger partial charge in [0.25, 0.3) is 0 Å². The molecule has 2 aromatic heterocycles. The third-order valence-electron chi connectivity index (χ3n) is 9.40. The van der Waals surface area contributed by atoms with Crippen LogP contribution in [0.4, 0.5) is 0 Å². The van der Waals surface area contributed by atoms with Gasteiger partial charge in [-0.05, 0) is 99.7 Å². The summed E-state index contributed by atoms with van der Waals surface area (Å²) in [6.07, 6.45) is 6.72. The topological polar surface area (TPSA) is 58.2 Å². The molecule has 41 heavy (non-hydrogen) atoms. The van der Waals surface area contributed by atoms with Gasteiger partial charge in [0.05, 0.1) is 24.3 Å². The van der Waals surface area contributed by atoms with Crippen LogP contribution < -0.4 is 0 Å². The molecule has 0 spiro atoms. The lowest BCUT2D eigenvalue weighted by atomic mass is 9.76. The van der Waals surface area contributed by atoms with Crippen molar-refractivity contribution in [3.63, 3.8) is 0 Å². The normalized spacial score (nSPS) is 19.6. The van der Waals surface area contributed by atoms with Gasteiger partial charge >= 0.3 is 0 Å². The summed E-state index contributed by atoms with van der Waals surface area (Å²) in [7, 11) is 0. The number of carbonyl (C=O) groups excluding carboxylic acids is 1. The number of nitrogens with one attached hydrogen (secondary N) is 1. The van der Waals surface area contributed by atoms with Crippen LogP contribution >= 0.6 is 0 Å². The fourth-order valence-corrected chi connectivity index (χ4v) is 7.10. The monoisotopic (exact) mass is 549 g/mol. The van der Waals surface area contributed by atoms with Gasteiger partial charge in [0.2, 0.25) is 5.91 Å². The van der Waals surface area contributed by atoms with Gasteiger partial charge in [-0.15, -0.1) is 0 Å². The molecule has 1 atom stereocenters. The number of aromatic amines is 1. The maximum Gasteiger partial charge on any atom is 0.232 e. The first kappa shape index (κ1) is 27.7. The van der Waals surface area contributed by atoms with Crippen LogP contribution in [0.25, 0.3) is 22.3 Å². The average Bonchev–Trinajstić information content (AvgIpc) is 3.36. The number of carbonyl (C=O) groups is 1. The third-order valence-corrected chi connectivity index (χ3v) is 9.40. The van der Waals surface area contributed by atoms with Crippen LogP contribution in [0.5, 0.6) is 0 Å². The zero-order valence-corrected chi connectivity index (χ0v) is 25.2. The van der Waals surface area contributed by atoms with Crippen LogP contribution in [0.3, 0.4) is 0 Å². The van der Waals surface area contributed by atoms with Crippen molar-refractivity contribution in [1.82, 2.24) is 14.9 Å². The van der Waals surface area contributed by atoms with Gasteiger partial charge in [-0.25, -0.2) is 4.98 Å². The average molecular weight is 550 g/mol. The number of pyridine rings is 1. The first-order valence-corrected chi connectivity index (χ1v) is 15.2. The van der Waals surface area contributed by atoms with Crippen molar-refractivity contribution in [3.05, 3.63) is 88.6 Å². The van der Waals surface area contributed by atoms with Crippen molar-refractivity contribution in [1.29, 1.82) is 0 Å². The van der Waals surface area contributed by atoms with E-state index in [0.29, 0.717) is 25.2 Å². The number of ether oxygens (including phenoxy) is 1. The number of benzene rings is 2. The lowest BCUT2D eigenvalue weighted by Gasteiger charge is -2.47. The fraction of sp³-hybridized carbons (Fsp3) is 0.444. The highest BCUT2D eigenvalue weighted by atomic mass is 16.5. The van der Waals surface area contributed by atoms with Gasteiger partial charge < -0.3 is 14.6 Å². The molecule has 2 aromatic carbocycles. The zero-order valence-electron chi connectivity index (χ0n) is 25.2. The summed E-state index contributed by atoms with van der Waals surface area (Å²) >= 11 is 0. The van der Waals surface area contributed by atoms with Crippen molar-refractivity contribution in [2.24, 2.45) is 5.92 Å². The number of hydrogen-bond acceptors (Lipinski definition) is 3. The van der Waals surface area contributed by atoms with Crippen molar-refractivity contribution < 1.29 is 9.53 Å². The molecule has 5 heteroatoms. The van der Waals surface area contributed by atoms with E-state index in [1.54, 1.807) is 0 Å². The number of aromatic nitrogens is 2. The molecular formula is C36H43N3O2. The van der Waals surface area contributed by atoms with Crippen molar-refractivity contribution in [2.45, 2.75) is 84.3 Å². The number of hydrogen-bond donors (Lipinski definition) is 1. The number of fused-ring (bicyclic) bond motifs is 4. The van der Waals surface area contributed by atoms with E-state index >= 15 is 0 Å². The molecule has 214 valence electrons. The molecule has 4 aromatic rings. The molecule has 1 aliphatic carbocycles. The van der Waals surface area contributed by atoms with Crippen molar-refractivity contribution >= 4 is 16.9 Å². The molecule has 3 aliphatic rings. The summed E-state index contributed by atoms with van der Waals surface area (Å²) in [4.78, 5) is 24.8. The number of H-pyrrole nitrogens is 1. The Balaban J connectivity index is 1.37. The highest BCUT2D eigenvalue weighted by Gasteiger charge is 2.42. The van der Waals surface area contributed by atoms with Crippen LogP contribution in [-0.2, 0) is 21.6 Å². The summed E-state index contributed by atoms with van der Waals surface area (Å²) in [5, 5.41) is 1.08. The van der Waals surface area contributed by atoms with Crippen LogP contribution in [0.1, 0.15) is 80.2 Å². The lowest BCUT2D eigenvalue weighted by Crippen LogP contribution is -2.55. The molecule has 2 aliphatic heterocycles. The second kappa shape index (κ2) is 11.1.